The van der Waals surface area contributed by atoms with Crippen LogP contribution < -0.4 is 0 Å². The van der Waals surface area contributed by atoms with E-state index in [2.05, 4.69) is 38.1 Å². The standard InChI is InChI=1S/C47H80O2/c1-3-5-7-9-11-13-15-17-19-21-23-25-27-29-31-33-42-35-37-44(46(48)39-42)41-45-38-36-43(40-47(45)49)34-32-30-28-26-24-22-20-18-16-14-12-10-8-6-4-2/h35-40,48-49H,3-34,41H2,1-2H3. The average Bonchev–Trinajstić information content (AvgIpc) is 3.10. The van der Waals surface area contributed by atoms with Gasteiger partial charge in [0.05, 0.1) is 0 Å². The van der Waals surface area contributed by atoms with Crippen LogP contribution in [-0.4, -0.2) is 10.2 Å². The summed E-state index contributed by atoms with van der Waals surface area (Å²) in [5, 5.41) is 21.5. The summed E-state index contributed by atoms with van der Waals surface area (Å²) in [7, 11) is 0. The molecule has 2 heteroatoms. The molecule has 0 aliphatic rings. The van der Waals surface area contributed by atoms with Crippen molar-refractivity contribution >= 4 is 0 Å². The van der Waals surface area contributed by atoms with Gasteiger partial charge in [0, 0.05) is 6.42 Å². The van der Waals surface area contributed by atoms with Crippen molar-refractivity contribution in [1.29, 1.82) is 0 Å². The molecular weight excluding hydrogens is 597 g/mol. The highest BCUT2D eigenvalue weighted by Crippen LogP contribution is 2.28. The van der Waals surface area contributed by atoms with Crippen molar-refractivity contribution in [3.05, 3.63) is 58.7 Å². The molecule has 0 aromatic heterocycles. The van der Waals surface area contributed by atoms with Crippen molar-refractivity contribution in [2.24, 2.45) is 0 Å². The molecule has 0 saturated carbocycles. The summed E-state index contributed by atoms with van der Waals surface area (Å²) in [6.45, 7) is 4.58. The smallest absolute Gasteiger partial charge is 0.119 e. The minimum Gasteiger partial charge on any atom is -0.508 e. The van der Waals surface area contributed by atoms with E-state index in [1.165, 1.54) is 204 Å². The van der Waals surface area contributed by atoms with Gasteiger partial charge in [0.15, 0.2) is 0 Å². The molecule has 2 aromatic rings. The molecule has 0 atom stereocenters. The minimum absolute atomic E-state index is 0.361. The van der Waals surface area contributed by atoms with Gasteiger partial charge < -0.3 is 10.2 Å². The number of hydrogen-bond donors (Lipinski definition) is 2. The van der Waals surface area contributed by atoms with Crippen molar-refractivity contribution in [3.63, 3.8) is 0 Å². The van der Waals surface area contributed by atoms with Gasteiger partial charge in [0.2, 0.25) is 0 Å². The van der Waals surface area contributed by atoms with E-state index in [0.29, 0.717) is 17.9 Å². The lowest BCUT2D eigenvalue weighted by Gasteiger charge is -2.11. The van der Waals surface area contributed by atoms with Crippen LogP contribution in [0.4, 0.5) is 0 Å². The first-order valence-corrected chi connectivity index (χ1v) is 21.8. The Morgan fingerprint density at radius 2 is 0.571 bits per heavy atom. The van der Waals surface area contributed by atoms with Gasteiger partial charge in [-0.1, -0.05) is 218 Å². The Labute approximate surface area is 305 Å². The summed E-state index contributed by atoms with van der Waals surface area (Å²) in [5.41, 5.74) is 4.23. The highest BCUT2D eigenvalue weighted by molar-refractivity contribution is 5.44. The lowest BCUT2D eigenvalue weighted by molar-refractivity contribution is 0.462. The zero-order valence-corrected chi connectivity index (χ0v) is 32.7. The lowest BCUT2D eigenvalue weighted by atomic mass is 9.97. The molecular formula is C47H80O2. The van der Waals surface area contributed by atoms with Crippen molar-refractivity contribution < 1.29 is 10.2 Å². The van der Waals surface area contributed by atoms with E-state index in [-0.39, 0.29) is 0 Å². The molecule has 0 bridgehead atoms. The number of phenols is 2. The zero-order chi connectivity index (χ0) is 35.0. The molecule has 0 saturated heterocycles. The molecule has 2 aromatic carbocycles. The second-order valence-electron chi connectivity index (χ2n) is 15.5. The maximum absolute atomic E-state index is 10.7. The molecule has 2 rings (SSSR count). The Bertz CT molecular complexity index is 945. The third-order valence-electron chi connectivity index (χ3n) is 10.8. The van der Waals surface area contributed by atoms with E-state index >= 15 is 0 Å². The molecule has 0 spiro atoms. The van der Waals surface area contributed by atoms with Crippen molar-refractivity contribution in [3.8, 4) is 11.5 Å². The number of hydrogen-bond acceptors (Lipinski definition) is 2. The van der Waals surface area contributed by atoms with E-state index in [9.17, 15) is 10.2 Å². The first-order valence-electron chi connectivity index (χ1n) is 21.8. The topological polar surface area (TPSA) is 40.5 Å². The number of aryl methyl sites for hydroxylation is 2. The molecule has 280 valence electrons. The van der Waals surface area contributed by atoms with Gasteiger partial charge in [-0.05, 0) is 60.1 Å². The van der Waals surface area contributed by atoms with Gasteiger partial charge in [0.25, 0.3) is 0 Å². The Kier molecular flexibility index (Phi) is 27.2. The van der Waals surface area contributed by atoms with Gasteiger partial charge in [-0.2, -0.15) is 0 Å². The number of aromatic hydroxyl groups is 2. The van der Waals surface area contributed by atoms with E-state index in [1.54, 1.807) is 0 Å². The number of rotatable bonds is 34. The molecule has 2 nitrogen and oxygen atoms in total. The van der Waals surface area contributed by atoms with Gasteiger partial charge >= 0.3 is 0 Å². The molecule has 0 aliphatic heterocycles. The van der Waals surface area contributed by atoms with Gasteiger partial charge in [-0.25, -0.2) is 0 Å². The first kappa shape index (κ1) is 43.2. The molecule has 0 fully saturated rings. The molecule has 2 N–H and O–H groups in total. The lowest BCUT2D eigenvalue weighted by Crippen LogP contribution is -1.94. The highest BCUT2D eigenvalue weighted by atomic mass is 16.3. The molecule has 49 heavy (non-hydrogen) atoms. The maximum atomic E-state index is 10.7. The van der Waals surface area contributed by atoms with Crippen LogP contribution in [0.25, 0.3) is 0 Å². The summed E-state index contributed by atoms with van der Waals surface area (Å²) in [5.74, 6) is 0.722. The van der Waals surface area contributed by atoms with E-state index < -0.39 is 0 Å². The van der Waals surface area contributed by atoms with Gasteiger partial charge in [-0.15, -0.1) is 0 Å². The van der Waals surface area contributed by atoms with E-state index in [4.69, 9.17) is 0 Å². The SMILES string of the molecule is CCCCCCCCCCCCCCCCCc1ccc(Cc2ccc(CCCCCCCCCCCCCCCCC)cc2O)c(O)c1. The highest BCUT2D eigenvalue weighted by Gasteiger charge is 2.09. The summed E-state index contributed by atoms with van der Waals surface area (Å²) in [6, 6.07) is 12.3. The fourth-order valence-electron chi connectivity index (χ4n) is 7.43. The number of unbranched alkanes of at least 4 members (excludes halogenated alkanes) is 28. The van der Waals surface area contributed by atoms with Gasteiger partial charge in [0.1, 0.15) is 11.5 Å². The Morgan fingerprint density at radius 1 is 0.327 bits per heavy atom. The summed E-state index contributed by atoms with van der Waals surface area (Å²) in [6.07, 6.45) is 44.1. The fourth-order valence-corrected chi connectivity index (χ4v) is 7.43. The van der Waals surface area contributed by atoms with Crippen LogP contribution in [0.1, 0.15) is 229 Å². The predicted octanol–water partition coefficient (Wildman–Crippen LogP) is 15.5. The van der Waals surface area contributed by atoms with Crippen molar-refractivity contribution in [2.75, 3.05) is 0 Å². The van der Waals surface area contributed by atoms with Crippen LogP contribution in [0.5, 0.6) is 11.5 Å². The second-order valence-corrected chi connectivity index (χ2v) is 15.5. The minimum atomic E-state index is 0.361. The second kappa shape index (κ2) is 30.8. The summed E-state index contributed by atoms with van der Waals surface area (Å²) in [4.78, 5) is 0. The molecule has 0 unspecified atom stereocenters. The maximum Gasteiger partial charge on any atom is 0.119 e. The quantitative estimate of drug-likeness (QED) is 0.0724. The molecule has 0 heterocycles. The Morgan fingerprint density at radius 3 is 0.816 bits per heavy atom. The summed E-state index contributed by atoms with van der Waals surface area (Å²) >= 11 is 0. The fraction of sp³-hybridized carbons (Fsp3) is 0.745. The Hall–Kier alpha value is -1.96. The number of benzene rings is 2. The third-order valence-corrected chi connectivity index (χ3v) is 10.8. The normalized spacial score (nSPS) is 11.5. The van der Waals surface area contributed by atoms with Crippen LogP contribution >= 0.6 is 0 Å². The van der Waals surface area contributed by atoms with Crippen LogP contribution in [0.2, 0.25) is 0 Å². The van der Waals surface area contributed by atoms with Crippen LogP contribution in [0.15, 0.2) is 36.4 Å². The third kappa shape index (κ3) is 23.2. The largest absolute Gasteiger partial charge is 0.508 e. The molecule has 0 aliphatic carbocycles. The summed E-state index contributed by atoms with van der Waals surface area (Å²) < 4.78 is 0. The van der Waals surface area contributed by atoms with E-state index in [1.807, 2.05) is 12.1 Å². The first-order chi connectivity index (χ1) is 24.1. The van der Waals surface area contributed by atoms with Crippen molar-refractivity contribution in [1.82, 2.24) is 0 Å². The van der Waals surface area contributed by atoms with E-state index in [0.717, 1.165) is 24.0 Å². The molecule has 0 amide bonds. The average molecular weight is 677 g/mol. The van der Waals surface area contributed by atoms with Crippen LogP contribution in [0, 0.1) is 0 Å². The number of phenolic OH excluding ortho intramolecular Hbond substituents is 2. The monoisotopic (exact) mass is 677 g/mol. The van der Waals surface area contributed by atoms with Gasteiger partial charge in [-0.3, -0.25) is 0 Å². The molecule has 0 radical (unpaired) electrons. The predicted molar refractivity (Wildman–Crippen MR) is 216 cm³/mol. The van der Waals surface area contributed by atoms with Crippen molar-refractivity contribution in [2.45, 2.75) is 226 Å². The zero-order valence-electron chi connectivity index (χ0n) is 32.7. The van der Waals surface area contributed by atoms with Crippen LogP contribution in [-0.2, 0) is 19.3 Å². The van der Waals surface area contributed by atoms with Crippen LogP contribution in [0.3, 0.4) is 0 Å². The Balaban J connectivity index is 1.49.